The van der Waals surface area contributed by atoms with Gasteiger partial charge in [-0.05, 0) is 30.0 Å². The first-order valence-corrected chi connectivity index (χ1v) is 8.33. The average molecular weight is 365 g/mol. The number of nitrogens with one attached hydrogen (secondary N) is 1. The minimum atomic E-state index is -0.624. The van der Waals surface area contributed by atoms with Gasteiger partial charge in [-0.15, -0.1) is 0 Å². The predicted molar refractivity (Wildman–Crippen MR) is 94.4 cm³/mol. The van der Waals surface area contributed by atoms with Gasteiger partial charge in [0.05, 0.1) is 16.8 Å². The van der Waals surface area contributed by atoms with Gasteiger partial charge in [0.15, 0.2) is 5.16 Å². The van der Waals surface area contributed by atoms with Crippen molar-refractivity contribution in [2.45, 2.75) is 10.1 Å². The first-order chi connectivity index (χ1) is 12.6. The largest absolute Gasteiger partial charge is 0.384 e. The molecule has 0 atom stereocenters. The van der Waals surface area contributed by atoms with Crippen molar-refractivity contribution in [1.82, 2.24) is 19.9 Å². The van der Waals surface area contributed by atoms with Gasteiger partial charge < -0.3 is 5.73 Å². The highest BCUT2D eigenvalue weighted by Crippen LogP contribution is 2.31. The number of amides is 2. The van der Waals surface area contributed by atoms with E-state index in [1.54, 1.807) is 42.7 Å². The number of nitrogens with two attached hydrogens (primary N) is 1. The Labute approximate surface area is 151 Å². The lowest BCUT2D eigenvalue weighted by Gasteiger charge is -2.15. The second kappa shape index (κ2) is 6.12. The Balaban J connectivity index is 1.90. The van der Waals surface area contributed by atoms with Crippen LogP contribution in [0.1, 0.15) is 20.7 Å². The molecular weight excluding hydrogens is 354 g/mol. The van der Waals surface area contributed by atoms with E-state index in [2.05, 4.69) is 15.3 Å². The molecule has 3 heterocycles. The molecule has 1 aromatic carbocycles. The van der Waals surface area contributed by atoms with Gasteiger partial charge in [-0.2, -0.15) is 0 Å². The van der Waals surface area contributed by atoms with E-state index in [0.717, 1.165) is 6.07 Å². The summed E-state index contributed by atoms with van der Waals surface area (Å²) in [5, 5.41) is 2.65. The normalized spacial score (nSPS) is 12.8. The number of anilines is 1. The number of hydrogen-bond acceptors (Lipinski definition) is 7. The summed E-state index contributed by atoms with van der Waals surface area (Å²) in [5.74, 6) is -1.33. The van der Waals surface area contributed by atoms with Gasteiger partial charge in [0.25, 0.3) is 17.4 Å². The van der Waals surface area contributed by atoms with Crippen molar-refractivity contribution in [3.63, 3.8) is 0 Å². The number of aromatic nitrogens is 3. The van der Waals surface area contributed by atoms with Crippen LogP contribution in [0.4, 0.5) is 5.82 Å². The van der Waals surface area contributed by atoms with E-state index in [-0.39, 0.29) is 16.9 Å². The number of pyridine rings is 1. The molecule has 3 aromatic rings. The third-order valence-corrected chi connectivity index (χ3v) is 4.76. The molecule has 1 aliphatic rings. The maximum Gasteiger partial charge on any atom is 0.262 e. The maximum atomic E-state index is 12.6. The van der Waals surface area contributed by atoms with Gasteiger partial charge in [0, 0.05) is 23.4 Å². The molecule has 8 nitrogen and oxygen atoms in total. The summed E-state index contributed by atoms with van der Waals surface area (Å²) < 4.78 is 1.21. The number of nitrogen functional groups attached to an aromatic ring is 1. The fourth-order valence-corrected chi connectivity index (χ4v) is 3.53. The number of benzene rings is 1. The van der Waals surface area contributed by atoms with Crippen molar-refractivity contribution >= 4 is 29.4 Å². The molecule has 0 radical (unpaired) electrons. The minimum Gasteiger partial charge on any atom is -0.384 e. The first kappa shape index (κ1) is 16.0. The third-order valence-electron chi connectivity index (χ3n) is 3.80. The van der Waals surface area contributed by atoms with Gasteiger partial charge in [-0.1, -0.05) is 12.1 Å². The summed E-state index contributed by atoms with van der Waals surface area (Å²) >= 11 is 1.26. The Bertz CT molecular complexity index is 1110. The second-order valence-corrected chi connectivity index (χ2v) is 6.39. The molecule has 0 bridgehead atoms. The summed E-state index contributed by atoms with van der Waals surface area (Å²) in [6, 6.07) is 9.86. The Hall–Kier alpha value is -3.46. The fourth-order valence-electron chi connectivity index (χ4n) is 2.69. The van der Waals surface area contributed by atoms with Crippen molar-refractivity contribution in [2.24, 2.45) is 0 Å². The van der Waals surface area contributed by atoms with E-state index in [9.17, 15) is 14.4 Å². The average Bonchev–Trinajstić information content (AvgIpc) is 2.91. The quantitative estimate of drug-likeness (QED) is 0.529. The maximum absolute atomic E-state index is 12.6. The van der Waals surface area contributed by atoms with Crippen LogP contribution in [-0.4, -0.2) is 26.3 Å². The Morgan fingerprint density at radius 2 is 1.73 bits per heavy atom. The monoisotopic (exact) mass is 365 g/mol. The van der Waals surface area contributed by atoms with E-state index in [1.165, 1.54) is 16.3 Å². The number of nitrogens with zero attached hydrogens (tertiary/aromatic N) is 3. The van der Waals surface area contributed by atoms with Crippen molar-refractivity contribution in [3.8, 4) is 5.69 Å². The highest BCUT2D eigenvalue weighted by atomic mass is 32.2. The van der Waals surface area contributed by atoms with Crippen LogP contribution >= 0.6 is 11.8 Å². The molecule has 0 saturated heterocycles. The molecule has 0 aliphatic carbocycles. The molecule has 0 spiro atoms. The fraction of sp³-hybridized carbons (Fsp3) is 0. The zero-order valence-electron chi connectivity index (χ0n) is 13.2. The molecule has 2 amide bonds. The van der Waals surface area contributed by atoms with E-state index in [0.29, 0.717) is 15.7 Å². The standard InChI is InChI=1S/C17H11N5O3S/c18-14-13-9(15(24)21-16(13)25)8-12(23)22(14)10-4-1-2-5-11(10)26-17-19-6-3-7-20-17/h1-8H,18H2,(H,21,24,25). The molecule has 0 unspecified atom stereocenters. The first-order valence-electron chi connectivity index (χ1n) is 7.52. The topological polar surface area (TPSA) is 120 Å². The van der Waals surface area contributed by atoms with Crippen molar-refractivity contribution < 1.29 is 9.59 Å². The smallest absolute Gasteiger partial charge is 0.262 e. The number of fused-ring (bicyclic) bond motifs is 1. The zero-order valence-corrected chi connectivity index (χ0v) is 14.0. The molecular formula is C17H11N5O3S. The number of hydrogen-bond donors (Lipinski definition) is 2. The van der Waals surface area contributed by atoms with Crippen molar-refractivity contribution in [3.05, 3.63) is 70.3 Å². The molecule has 128 valence electrons. The predicted octanol–water partition coefficient (Wildman–Crippen LogP) is 1.24. The number of para-hydroxylation sites is 1. The summed E-state index contributed by atoms with van der Waals surface area (Å²) in [4.78, 5) is 45.4. The SMILES string of the molecule is Nc1c2c(cc(=O)n1-c1ccccc1Sc1ncccn1)C(=O)NC2=O. The van der Waals surface area contributed by atoms with Crippen LogP contribution in [0.15, 0.2) is 63.6 Å². The van der Waals surface area contributed by atoms with Crippen molar-refractivity contribution in [2.75, 3.05) is 5.73 Å². The van der Waals surface area contributed by atoms with Crippen LogP contribution in [0, 0.1) is 0 Å². The van der Waals surface area contributed by atoms with Crippen LogP contribution < -0.4 is 16.6 Å². The summed E-state index contributed by atoms with van der Waals surface area (Å²) in [6.45, 7) is 0. The number of carbonyl (C=O) groups excluding carboxylic acids is 2. The van der Waals surface area contributed by atoms with E-state index in [1.807, 2.05) is 0 Å². The van der Waals surface area contributed by atoms with Gasteiger partial charge in [0.1, 0.15) is 5.82 Å². The third kappa shape index (κ3) is 2.54. The molecule has 3 N–H and O–H groups in total. The second-order valence-electron chi connectivity index (χ2n) is 5.38. The Kier molecular flexibility index (Phi) is 3.77. The zero-order chi connectivity index (χ0) is 18.3. The van der Waals surface area contributed by atoms with Gasteiger partial charge in [0.2, 0.25) is 0 Å². The van der Waals surface area contributed by atoms with E-state index < -0.39 is 17.4 Å². The summed E-state index contributed by atoms with van der Waals surface area (Å²) in [6.07, 6.45) is 3.23. The highest BCUT2D eigenvalue weighted by molar-refractivity contribution is 7.99. The number of carbonyl (C=O) groups is 2. The minimum absolute atomic E-state index is 0.00497. The lowest BCUT2D eigenvalue weighted by atomic mass is 10.1. The molecule has 9 heteroatoms. The lowest BCUT2D eigenvalue weighted by Crippen LogP contribution is -2.24. The Morgan fingerprint density at radius 3 is 2.50 bits per heavy atom. The number of rotatable bonds is 3. The Morgan fingerprint density at radius 1 is 1.00 bits per heavy atom. The molecule has 0 saturated carbocycles. The van der Waals surface area contributed by atoms with Crippen molar-refractivity contribution in [1.29, 1.82) is 0 Å². The summed E-state index contributed by atoms with van der Waals surface area (Å²) in [7, 11) is 0. The molecule has 1 aliphatic heterocycles. The van der Waals surface area contributed by atoms with E-state index >= 15 is 0 Å². The number of imide groups is 1. The molecule has 26 heavy (non-hydrogen) atoms. The van der Waals surface area contributed by atoms with Gasteiger partial charge in [-0.25, -0.2) is 9.97 Å². The van der Waals surface area contributed by atoms with E-state index in [4.69, 9.17) is 5.73 Å². The van der Waals surface area contributed by atoms with Gasteiger partial charge >= 0.3 is 0 Å². The van der Waals surface area contributed by atoms with Gasteiger partial charge in [-0.3, -0.25) is 24.3 Å². The highest BCUT2D eigenvalue weighted by Gasteiger charge is 2.32. The van der Waals surface area contributed by atoms with Crippen LogP contribution in [-0.2, 0) is 0 Å². The van der Waals surface area contributed by atoms with Crippen LogP contribution in [0.25, 0.3) is 5.69 Å². The van der Waals surface area contributed by atoms with Crippen LogP contribution in [0.2, 0.25) is 0 Å². The molecule has 2 aromatic heterocycles. The lowest BCUT2D eigenvalue weighted by molar-refractivity contribution is 0.0880. The summed E-state index contributed by atoms with van der Waals surface area (Å²) in [5.41, 5.74) is 6.06. The molecule has 0 fully saturated rings. The van der Waals surface area contributed by atoms with Crippen LogP contribution in [0.3, 0.4) is 0 Å². The van der Waals surface area contributed by atoms with Crippen LogP contribution in [0.5, 0.6) is 0 Å². The molecule has 4 rings (SSSR count).